The second-order valence-electron chi connectivity index (χ2n) is 5.01. The second kappa shape index (κ2) is 7.19. The Balaban J connectivity index is 0.00000256. The molecule has 0 radical (unpaired) electrons. The number of likely N-dealkylation sites (N-methyl/N-ethyl adjacent to an activating group) is 1. The fourth-order valence-corrected chi connectivity index (χ4v) is 2.06. The topological polar surface area (TPSA) is 55.6 Å². The monoisotopic (exact) mass is 264 g/mol. The summed E-state index contributed by atoms with van der Waals surface area (Å²) >= 11 is 0. The van der Waals surface area contributed by atoms with Gasteiger partial charge in [0.15, 0.2) is 0 Å². The summed E-state index contributed by atoms with van der Waals surface area (Å²) in [4.78, 5) is 14.2. The van der Waals surface area contributed by atoms with E-state index in [-0.39, 0.29) is 18.3 Å². The summed E-state index contributed by atoms with van der Waals surface area (Å²) in [6.07, 6.45) is 1.28. The van der Waals surface area contributed by atoms with Gasteiger partial charge in [0.25, 0.3) is 0 Å². The van der Waals surface area contributed by atoms with Gasteiger partial charge in [-0.05, 0) is 25.7 Å². The summed E-state index contributed by atoms with van der Waals surface area (Å²) in [6.45, 7) is 8.95. The number of hydrogen-bond donors (Lipinski definition) is 1. The first-order valence-corrected chi connectivity index (χ1v) is 6.15. The van der Waals surface area contributed by atoms with Gasteiger partial charge in [-0.2, -0.15) is 0 Å². The minimum atomic E-state index is -0.691. The lowest BCUT2D eigenvalue weighted by atomic mass is 9.89. The molecule has 2 N–H and O–H groups in total. The number of amides is 1. The van der Waals surface area contributed by atoms with Crippen molar-refractivity contribution in [1.82, 2.24) is 4.90 Å². The van der Waals surface area contributed by atoms with Crippen LogP contribution in [0.1, 0.15) is 33.6 Å². The first-order chi connectivity index (χ1) is 7.49. The Hall–Kier alpha value is -0.320. The van der Waals surface area contributed by atoms with Crippen molar-refractivity contribution < 1.29 is 9.53 Å². The average Bonchev–Trinajstić information content (AvgIpc) is 2.25. The Bertz CT molecular complexity index is 241. The van der Waals surface area contributed by atoms with Crippen LogP contribution in [0.15, 0.2) is 0 Å². The van der Waals surface area contributed by atoms with Gasteiger partial charge in [0.05, 0.1) is 5.54 Å². The minimum absolute atomic E-state index is 0. The molecule has 5 heteroatoms. The van der Waals surface area contributed by atoms with Crippen molar-refractivity contribution in [2.75, 3.05) is 26.3 Å². The normalized spacial score (nSPS) is 18.6. The maximum atomic E-state index is 12.3. The summed E-state index contributed by atoms with van der Waals surface area (Å²) in [5.41, 5.74) is 5.49. The van der Waals surface area contributed by atoms with Gasteiger partial charge in [-0.1, -0.05) is 13.8 Å². The Morgan fingerprint density at radius 3 is 2.35 bits per heavy atom. The number of nitrogens with zero attached hydrogens (tertiary/aromatic N) is 1. The minimum Gasteiger partial charge on any atom is -0.381 e. The molecule has 0 aliphatic carbocycles. The molecule has 0 aromatic rings. The predicted molar refractivity (Wildman–Crippen MR) is 71.3 cm³/mol. The van der Waals surface area contributed by atoms with E-state index in [2.05, 4.69) is 13.8 Å². The van der Waals surface area contributed by atoms with Crippen LogP contribution >= 0.6 is 12.4 Å². The molecule has 4 nitrogen and oxygen atoms in total. The molecule has 0 atom stereocenters. The van der Waals surface area contributed by atoms with E-state index >= 15 is 0 Å². The van der Waals surface area contributed by atoms with E-state index in [0.29, 0.717) is 32.0 Å². The van der Waals surface area contributed by atoms with E-state index in [4.69, 9.17) is 10.5 Å². The number of hydrogen-bond acceptors (Lipinski definition) is 3. The Morgan fingerprint density at radius 2 is 1.94 bits per heavy atom. The molecule has 0 saturated carbocycles. The van der Waals surface area contributed by atoms with Crippen LogP contribution in [0.5, 0.6) is 0 Å². The largest absolute Gasteiger partial charge is 0.381 e. The fourth-order valence-electron chi connectivity index (χ4n) is 2.06. The van der Waals surface area contributed by atoms with Gasteiger partial charge in [0, 0.05) is 26.3 Å². The molecular weight excluding hydrogens is 240 g/mol. The highest BCUT2D eigenvalue weighted by atomic mass is 35.5. The zero-order valence-corrected chi connectivity index (χ0v) is 11.9. The smallest absolute Gasteiger partial charge is 0.242 e. The van der Waals surface area contributed by atoms with Crippen LogP contribution in [0.2, 0.25) is 0 Å². The van der Waals surface area contributed by atoms with E-state index in [1.807, 2.05) is 11.8 Å². The lowest BCUT2D eigenvalue weighted by Crippen LogP contribution is -2.58. The highest BCUT2D eigenvalue weighted by molar-refractivity contribution is 5.86. The molecule has 1 aliphatic rings. The van der Waals surface area contributed by atoms with Crippen molar-refractivity contribution >= 4 is 18.3 Å². The third-order valence-corrected chi connectivity index (χ3v) is 3.07. The highest BCUT2D eigenvalue weighted by Crippen LogP contribution is 2.21. The molecule has 1 aliphatic heterocycles. The van der Waals surface area contributed by atoms with Gasteiger partial charge >= 0.3 is 0 Å². The van der Waals surface area contributed by atoms with Gasteiger partial charge in [-0.15, -0.1) is 12.4 Å². The Labute approximate surface area is 110 Å². The van der Waals surface area contributed by atoms with E-state index in [1.165, 1.54) is 0 Å². The Morgan fingerprint density at radius 1 is 1.41 bits per heavy atom. The summed E-state index contributed by atoms with van der Waals surface area (Å²) in [6, 6.07) is 0. The van der Waals surface area contributed by atoms with Gasteiger partial charge < -0.3 is 15.4 Å². The number of rotatable bonds is 4. The third kappa shape index (κ3) is 4.45. The van der Waals surface area contributed by atoms with E-state index in [0.717, 1.165) is 13.1 Å². The molecule has 0 unspecified atom stereocenters. The molecule has 1 rings (SSSR count). The lowest BCUT2D eigenvalue weighted by molar-refractivity contribution is -0.140. The molecule has 1 amide bonds. The summed E-state index contributed by atoms with van der Waals surface area (Å²) in [5.74, 6) is 0.569. The van der Waals surface area contributed by atoms with Crippen molar-refractivity contribution in [2.45, 2.75) is 39.2 Å². The number of carbonyl (C=O) groups is 1. The molecule has 102 valence electrons. The lowest BCUT2D eigenvalue weighted by Gasteiger charge is -2.37. The molecule has 1 saturated heterocycles. The second-order valence-corrected chi connectivity index (χ2v) is 5.01. The summed E-state index contributed by atoms with van der Waals surface area (Å²) in [7, 11) is 0. The molecule has 0 bridgehead atoms. The van der Waals surface area contributed by atoms with Crippen LogP contribution in [0.4, 0.5) is 0 Å². The summed E-state index contributed by atoms with van der Waals surface area (Å²) in [5, 5.41) is 0. The SMILES string of the molecule is CCN(CC(C)C)C(=O)C1(N)CCOCC1.Cl. The van der Waals surface area contributed by atoms with Crippen LogP contribution < -0.4 is 5.73 Å². The fraction of sp³-hybridized carbons (Fsp3) is 0.917. The average molecular weight is 265 g/mol. The van der Waals surface area contributed by atoms with Crippen LogP contribution in [0.3, 0.4) is 0 Å². The number of ether oxygens (including phenoxy) is 1. The van der Waals surface area contributed by atoms with Crippen molar-refractivity contribution in [1.29, 1.82) is 0 Å². The van der Waals surface area contributed by atoms with Crippen LogP contribution in [-0.4, -0.2) is 42.6 Å². The zero-order chi connectivity index (χ0) is 12.2. The molecule has 0 aromatic carbocycles. The third-order valence-electron chi connectivity index (χ3n) is 3.07. The Kier molecular flexibility index (Phi) is 7.05. The molecular formula is C12H25ClN2O2. The van der Waals surface area contributed by atoms with E-state index < -0.39 is 5.54 Å². The van der Waals surface area contributed by atoms with Crippen LogP contribution in [0, 0.1) is 5.92 Å². The van der Waals surface area contributed by atoms with E-state index in [1.54, 1.807) is 0 Å². The zero-order valence-electron chi connectivity index (χ0n) is 11.1. The van der Waals surface area contributed by atoms with Crippen molar-refractivity contribution in [2.24, 2.45) is 11.7 Å². The van der Waals surface area contributed by atoms with Crippen LogP contribution in [0.25, 0.3) is 0 Å². The van der Waals surface area contributed by atoms with Crippen molar-refractivity contribution in [3.05, 3.63) is 0 Å². The van der Waals surface area contributed by atoms with Gasteiger partial charge in [0.2, 0.25) is 5.91 Å². The van der Waals surface area contributed by atoms with Gasteiger partial charge in [-0.3, -0.25) is 4.79 Å². The quantitative estimate of drug-likeness (QED) is 0.836. The molecule has 0 spiro atoms. The maximum absolute atomic E-state index is 12.3. The summed E-state index contributed by atoms with van der Waals surface area (Å²) < 4.78 is 5.26. The number of carbonyl (C=O) groups excluding carboxylic acids is 1. The maximum Gasteiger partial charge on any atom is 0.242 e. The number of halogens is 1. The first-order valence-electron chi connectivity index (χ1n) is 6.15. The van der Waals surface area contributed by atoms with Crippen molar-refractivity contribution in [3.63, 3.8) is 0 Å². The van der Waals surface area contributed by atoms with Crippen molar-refractivity contribution in [3.8, 4) is 0 Å². The standard InChI is InChI=1S/C12H24N2O2.ClH/c1-4-14(9-10(2)3)11(15)12(13)5-7-16-8-6-12;/h10H,4-9,13H2,1-3H3;1H. The predicted octanol–water partition coefficient (Wildman–Crippen LogP) is 1.42. The molecule has 1 heterocycles. The van der Waals surface area contributed by atoms with Crippen LogP contribution in [-0.2, 0) is 9.53 Å². The molecule has 0 aromatic heterocycles. The molecule has 1 fully saturated rings. The van der Waals surface area contributed by atoms with Gasteiger partial charge in [-0.25, -0.2) is 0 Å². The van der Waals surface area contributed by atoms with Gasteiger partial charge in [0.1, 0.15) is 0 Å². The molecule has 17 heavy (non-hydrogen) atoms. The highest BCUT2D eigenvalue weighted by Gasteiger charge is 2.38. The first kappa shape index (κ1) is 16.7. The number of nitrogens with two attached hydrogens (primary N) is 1. The van der Waals surface area contributed by atoms with E-state index in [9.17, 15) is 4.79 Å².